The molecule has 0 aromatic rings. The molecule has 0 aliphatic carbocycles. The summed E-state index contributed by atoms with van der Waals surface area (Å²) in [5.41, 5.74) is 0.340. The largest absolute Gasteiger partial charge is 0.395 e. The topological polar surface area (TPSA) is 44.0 Å². The molecule has 0 aromatic heterocycles. The molecule has 0 spiro atoms. The van der Waals surface area contributed by atoms with Crippen LogP contribution in [0.2, 0.25) is 0 Å². The number of hydrogen-bond acceptors (Lipinski definition) is 2. The summed E-state index contributed by atoms with van der Waals surface area (Å²) in [5.74, 6) is 0. The zero-order valence-corrected chi connectivity index (χ0v) is 7.88. The number of rotatable bonds is 1. The molecule has 0 aliphatic rings. The summed E-state index contributed by atoms with van der Waals surface area (Å²) in [4.78, 5) is 0. The minimum atomic E-state index is -1.09. The third-order valence-corrected chi connectivity index (χ3v) is 0.736. The van der Waals surface area contributed by atoms with E-state index in [0.717, 1.165) is 0 Å². The van der Waals surface area contributed by atoms with Gasteiger partial charge in [0.05, 0.1) is 12.2 Å². The first-order valence-corrected chi connectivity index (χ1v) is 2.11. The second-order valence-electron chi connectivity index (χ2n) is 1.31. The van der Waals surface area contributed by atoms with Crippen LogP contribution in [0.25, 0.3) is 0 Å². The van der Waals surface area contributed by atoms with Crippen molar-refractivity contribution in [1.29, 1.82) is 5.26 Å². The third-order valence-electron chi connectivity index (χ3n) is 0.736. The van der Waals surface area contributed by atoms with Crippen LogP contribution in [0.4, 0.5) is 0 Å². The van der Waals surface area contributed by atoms with Crippen molar-refractivity contribution in [3.63, 3.8) is 0 Å². The Hall–Kier alpha value is 0.0339. The van der Waals surface area contributed by atoms with Gasteiger partial charge in [0.2, 0.25) is 0 Å². The maximum absolute atomic E-state index is 8.59. The first-order valence-electron chi connectivity index (χ1n) is 2.11. The summed E-state index contributed by atoms with van der Waals surface area (Å²) in [6.45, 7) is 6.67. The van der Waals surface area contributed by atoms with Crippen LogP contribution < -0.4 is 0 Å². The van der Waals surface area contributed by atoms with E-state index in [1.165, 1.54) is 6.08 Å². The molecule has 0 aliphatic heterocycles. The summed E-state index contributed by atoms with van der Waals surface area (Å²) < 4.78 is 0. The molecular formula is C6H7NOY-2. The van der Waals surface area contributed by atoms with Gasteiger partial charge >= 0.3 is 0 Å². The fourth-order valence-corrected chi connectivity index (χ4v) is 0.195. The number of nitriles is 1. The molecule has 9 heavy (non-hydrogen) atoms. The summed E-state index contributed by atoms with van der Waals surface area (Å²) >= 11 is 0. The molecule has 1 N–H and O–H groups in total. The Labute approximate surface area is 80.4 Å². The van der Waals surface area contributed by atoms with Gasteiger partial charge in [0.25, 0.3) is 0 Å². The number of aliphatic hydroxyl groups excluding tert-OH is 1. The molecule has 0 rings (SSSR count). The molecule has 3 heteroatoms. The van der Waals surface area contributed by atoms with Crippen LogP contribution >= 0.6 is 0 Å². The summed E-state index contributed by atoms with van der Waals surface area (Å²) in [6, 6.07) is 1.60. The normalized spacial score (nSPS) is 13.1. The smallest absolute Gasteiger partial charge is 0.0766 e. The molecule has 47 valence electrons. The second kappa shape index (κ2) is 6.16. The van der Waals surface area contributed by atoms with Crippen molar-refractivity contribution >= 4 is 0 Å². The summed E-state index contributed by atoms with van der Waals surface area (Å²) in [5, 5.41) is 16.6. The molecule has 0 heterocycles. The Morgan fingerprint density at radius 3 is 2.33 bits per heavy atom. The van der Waals surface area contributed by atoms with Crippen molar-refractivity contribution in [2.45, 2.75) is 6.10 Å². The van der Waals surface area contributed by atoms with Crippen LogP contribution in [0.15, 0.2) is 11.6 Å². The Morgan fingerprint density at radius 2 is 2.22 bits per heavy atom. The molecule has 0 fully saturated rings. The van der Waals surface area contributed by atoms with Gasteiger partial charge in [-0.3, -0.25) is 0 Å². The van der Waals surface area contributed by atoms with Gasteiger partial charge in [0.1, 0.15) is 0 Å². The van der Waals surface area contributed by atoms with E-state index in [1.807, 2.05) is 0 Å². The van der Waals surface area contributed by atoms with Crippen molar-refractivity contribution in [1.82, 2.24) is 0 Å². The molecule has 1 unspecified atom stereocenters. The van der Waals surface area contributed by atoms with Gasteiger partial charge in [-0.1, -0.05) is 0 Å². The quantitative estimate of drug-likeness (QED) is 0.491. The standard InChI is InChI=1S/C6H7NO.Y/c1-3-5(2)6(8)4-7;/h3,6,8H,1-2H2;/q-2;/b5-3+;. The van der Waals surface area contributed by atoms with E-state index >= 15 is 0 Å². The van der Waals surface area contributed by atoms with Gasteiger partial charge in [-0.15, -0.1) is 0 Å². The number of hydrogen-bond donors (Lipinski definition) is 1. The molecule has 1 radical (unpaired) electrons. The first-order chi connectivity index (χ1) is 3.72. The van der Waals surface area contributed by atoms with E-state index in [2.05, 4.69) is 13.8 Å². The molecule has 0 bridgehead atoms. The van der Waals surface area contributed by atoms with Gasteiger partial charge in [-0.05, 0) is 0 Å². The van der Waals surface area contributed by atoms with Crippen molar-refractivity contribution in [2.75, 3.05) is 0 Å². The Bertz CT molecular complexity index is 136. The van der Waals surface area contributed by atoms with Gasteiger partial charge in [-0.2, -0.15) is 5.26 Å². The van der Waals surface area contributed by atoms with Gasteiger partial charge in [-0.25, -0.2) is 0 Å². The second-order valence-corrected chi connectivity index (χ2v) is 1.31. The van der Waals surface area contributed by atoms with Crippen LogP contribution in [-0.2, 0) is 32.7 Å². The zero-order valence-electron chi connectivity index (χ0n) is 5.04. The molecule has 0 amide bonds. The maximum Gasteiger partial charge on any atom is 0.0766 e. The molecule has 0 saturated carbocycles. The minimum Gasteiger partial charge on any atom is -0.395 e. The van der Waals surface area contributed by atoms with Crippen molar-refractivity contribution in [3.05, 3.63) is 25.5 Å². The van der Waals surface area contributed by atoms with Crippen LogP contribution in [0.5, 0.6) is 0 Å². The predicted molar refractivity (Wildman–Crippen MR) is 30.4 cm³/mol. The number of aliphatic hydroxyl groups is 1. The van der Waals surface area contributed by atoms with E-state index < -0.39 is 6.10 Å². The van der Waals surface area contributed by atoms with Crippen molar-refractivity contribution in [3.8, 4) is 6.07 Å². The van der Waals surface area contributed by atoms with Gasteiger partial charge < -0.3 is 30.6 Å². The van der Waals surface area contributed by atoms with E-state index in [1.54, 1.807) is 6.07 Å². The summed E-state index contributed by atoms with van der Waals surface area (Å²) in [7, 11) is 0. The van der Waals surface area contributed by atoms with E-state index in [-0.39, 0.29) is 32.7 Å². The molecule has 1 atom stereocenters. The van der Waals surface area contributed by atoms with Crippen molar-refractivity contribution < 1.29 is 37.8 Å². The fourth-order valence-electron chi connectivity index (χ4n) is 0.195. The molecular weight excluding hydrogens is 191 g/mol. The van der Waals surface area contributed by atoms with Crippen LogP contribution in [-0.4, -0.2) is 11.2 Å². The number of nitrogens with zero attached hydrogens (tertiary/aromatic N) is 1. The monoisotopic (exact) mass is 198 g/mol. The van der Waals surface area contributed by atoms with Gasteiger partial charge in [0, 0.05) is 32.7 Å². The van der Waals surface area contributed by atoms with E-state index in [0.29, 0.717) is 5.57 Å². The first kappa shape index (κ1) is 11.8. The Morgan fingerprint density at radius 1 is 1.78 bits per heavy atom. The average molecular weight is 198 g/mol. The van der Waals surface area contributed by atoms with Crippen LogP contribution in [0, 0.1) is 25.2 Å². The van der Waals surface area contributed by atoms with Gasteiger partial charge in [0.15, 0.2) is 0 Å². The van der Waals surface area contributed by atoms with E-state index in [4.69, 9.17) is 10.4 Å². The maximum atomic E-state index is 8.59. The average Bonchev–Trinajstić information content (AvgIpc) is 1.84. The zero-order chi connectivity index (χ0) is 6.57. The molecule has 2 nitrogen and oxygen atoms in total. The van der Waals surface area contributed by atoms with E-state index in [9.17, 15) is 0 Å². The van der Waals surface area contributed by atoms with Crippen LogP contribution in [0.3, 0.4) is 0 Å². The molecule has 0 saturated heterocycles. The van der Waals surface area contributed by atoms with Crippen molar-refractivity contribution in [2.24, 2.45) is 0 Å². The SMILES string of the molecule is [CH2-]/C=C(\[CH2-])C(O)C#N.[Y]. The fraction of sp³-hybridized carbons (Fsp3) is 0.167. The Kier molecular flexibility index (Phi) is 8.06. The third kappa shape index (κ3) is 4.53. The predicted octanol–water partition coefficient (Wildman–Crippen LogP) is 0.463. The minimum absolute atomic E-state index is 0. The Balaban J connectivity index is 0. The van der Waals surface area contributed by atoms with Crippen LogP contribution in [0.1, 0.15) is 0 Å². The summed E-state index contributed by atoms with van der Waals surface area (Å²) in [6.07, 6.45) is 0.265. The number of allylic oxidation sites excluding steroid dienone is 1. The molecule has 0 aromatic carbocycles.